The summed E-state index contributed by atoms with van der Waals surface area (Å²) in [7, 11) is 3.10. The highest BCUT2D eigenvalue weighted by Gasteiger charge is 2.25. The monoisotopic (exact) mass is 542 g/mol. The number of carbonyl (C=O) groups is 2. The molecule has 0 atom stereocenters. The fourth-order valence-electron chi connectivity index (χ4n) is 4.54. The molecule has 0 fully saturated rings. The Morgan fingerprint density at radius 2 is 1.65 bits per heavy atom. The Morgan fingerprint density at radius 1 is 0.900 bits per heavy atom. The number of nitrogens with zero attached hydrogens (tertiary/aromatic N) is 2. The summed E-state index contributed by atoms with van der Waals surface area (Å²) in [6.07, 6.45) is 1.97. The Morgan fingerprint density at radius 3 is 2.40 bits per heavy atom. The number of carbonyl (C=O) groups excluding carboxylic acids is 2. The molecular formula is C32H34N2O6. The van der Waals surface area contributed by atoms with E-state index in [9.17, 15) is 14.4 Å². The van der Waals surface area contributed by atoms with Crippen LogP contribution in [-0.2, 0) is 22.6 Å². The summed E-state index contributed by atoms with van der Waals surface area (Å²) >= 11 is 0. The molecule has 2 amide bonds. The van der Waals surface area contributed by atoms with Crippen LogP contribution in [0.4, 0.5) is 0 Å². The maximum atomic E-state index is 13.9. The third-order valence-corrected chi connectivity index (χ3v) is 6.66. The molecule has 3 aromatic carbocycles. The van der Waals surface area contributed by atoms with Crippen molar-refractivity contribution >= 4 is 22.8 Å². The molecule has 1 aromatic heterocycles. The van der Waals surface area contributed by atoms with Gasteiger partial charge in [-0.25, -0.2) is 0 Å². The lowest BCUT2D eigenvalue weighted by atomic mass is 10.1. The minimum atomic E-state index is -0.317. The lowest BCUT2D eigenvalue weighted by Gasteiger charge is -2.28. The molecule has 0 radical (unpaired) electrons. The van der Waals surface area contributed by atoms with E-state index >= 15 is 0 Å². The maximum Gasteiger partial charge on any atom is 0.258 e. The second-order valence-corrected chi connectivity index (χ2v) is 9.60. The van der Waals surface area contributed by atoms with Crippen LogP contribution < -0.4 is 10.2 Å². The summed E-state index contributed by atoms with van der Waals surface area (Å²) in [5.41, 5.74) is 2.89. The van der Waals surface area contributed by atoms with Gasteiger partial charge in [0, 0.05) is 26.8 Å². The Labute approximate surface area is 233 Å². The highest BCUT2D eigenvalue weighted by Crippen LogP contribution is 2.20. The molecule has 208 valence electrons. The topological polar surface area (TPSA) is 89.3 Å². The van der Waals surface area contributed by atoms with Crippen molar-refractivity contribution in [1.29, 1.82) is 0 Å². The van der Waals surface area contributed by atoms with Crippen molar-refractivity contribution in [2.45, 2.75) is 26.4 Å². The Kier molecular flexibility index (Phi) is 9.70. The van der Waals surface area contributed by atoms with Crippen LogP contribution in [0.5, 0.6) is 5.75 Å². The van der Waals surface area contributed by atoms with Crippen LogP contribution >= 0.6 is 0 Å². The van der Waals surface area contributed by atoms with Gasteiger partial charge in [-0.3, -0.25) is 14.4 Å². The maximum absolute atomic E-state index is 13.9. The van der Waals surface area contributed by atoms with Gasteiger partial charge in [-0.2, -0.15) is 0 Å². The molecule has 0 saturated carbocycles. The summed E-state index contributed by atoms with van der Waals surface area (Å²) in [5.74, 6) is -0.183. The smallest absolute Gasteiger partial charge is 0.258 e. The van der Waals surface area contributed by atoms with Crippen LogP contribution in [0.1, 0.15) is 33.5 Å². The molecule has 1 heterocycles. The molecule has 40 heavy (non-hydrogen) atoms. The molecule has 8 nitrogen and oxygen atoms in total. The van der Waals surface area contributed by atoms with Crippen molar-refractivity contribution < 1.29 is 23.5 Å². The van der Waals surface area contributed by atoms with Crippen molar-refractivity contribution in [3.63, 3.8) is 0 Å². The van der Waals surface area contributed by atoms with E-state index in [0.717, 1.165) is 11.1 Å². The number of para-hydroxylation sites is 1. The summed E-state index contributed by atoms with van der Waals surface area (Å²) in [6, 6.07) is 21.9. The standard InChI is InChI=1S/C32H34N2O6/c1-23-14-15-29-27(18-23)31(36)25(22-40-29)20-34(19-24-10-5-4-6-11-24)30(35)21-33(16-9-17-38-2)32(37)26-12-7-8-13-28(26)39-3/h4-8,10-15,18,22H,9,16-17,19-21H2,1-3H3. The van der Waals surface area contributed by atoms with Gasteiger partial charge in [0.2, 0.25) is 5.91 Å². The number of hydrogen-bond donors (Lipinski definition) is 0. The molecule has 0 N–H and O–H groups in total. The van der Waals surface area contributed by atoms with Gasteiger partial charge in [-0.15, -0.1) is 0 Å². The largest absolute Gasteiger partial charge is 0.496 e. The summed E-state index contributed by atoms with van der Waals surface area (Å²) in [4.78, 5) is 43.9. The Balaban J connectivity index is 1.64. The van der Waals surface area contributed by atoms with Gasteiger partial charge >= 0.3 is 0 Å². The van der Waals surface area contributed by atoms with Crippen LogP contribution in [-0.4, -0.2) is 55.5 Å². The van der Waals surface area contributed by atoms with E-state index in [0.29, 0.717) is 47.4 Å². The van der Waals surface area contributed by atoms with E-state index < -0.39 is 0 Å². The SMILES string of the molecule is COCCCN(CC(=O)N(Cc1ccccc1)Cc1coc2ccc(C)cc2c1=O)C(=O)c1ccccc1OC. The van der Waals surface area contributed by atoms with Gasteiger partial charge in [0.05, 0.1) is 36.4 Å². The van der Waals surface area contributed by atoms with Crippen molar-refractivity contribution in [3.05, 3.63) is 112 Å². The van der Waals surface area contributed by atoms with E-state index in [-0.39, 0.29) is 36.9 Å². The zero-order chi connectivity index (χ0) is 28.5. The molecule has 0 unspecified atom stereocenters. The normalized spacial score (nSPS) is 10.9. The van der Waals surface area contributed by atoms with Crippen molar-refractivity contribution in [3.8, 4) is 5.75 Å². The number of methoxy groups -OCH3 is 2. The van der Waals surface area contributed by atoms with Crippen molar-refractivity contribution in [2.75, 3.05) is 33.9 Å². The van der Waals surface area contributed by atoms with E-state index in [4.69, 9.17) is 13.9 Å². The first-order chi connectivity index (χ1) is 19.4. The summed E-state index contributed by atoms with van der Waals surface area (Å²) in [5, 5.41) is 0.470. The molecule has 0 aliphatic rings. The van der Waals surface area contributed by atoms with Crippen LogP contribution in [0.15, 0.2) is 88.3 Å². The quantitative estimate of drug-likeness (QED) is 0.239. The van der Waals surface area contributed by atoms with E-state index in [1.165, 1.54) is 18.3 Å². The molecule has 4 aromatic rings. The van der Waals surface area contributed by atoms with Gasteiger partial charge in [-0.05, 0) is 43.2 Å². The third kappa shape index (κ3) is 6.95. The second-order valence-electron chi connectivity index (χ2n) is 9.60. The Hall–Kier alpha value is -4.43. The predicted molar refractivity (Wildman–Crippen MR) is 153 cm³/mol. The predicted octanol–water partition coefficient (Wildman–Crippen LogP) is 4.82. The van der Waals surface area contributed by atoms with Gasteiger partial charge in [-0.1, -0.05) is 54.1 Å². The van der Waals surface area contributed by atoms with Gasteiger partial charge in [0.25, 0.3) is 5.91 Å². The van der Waals surface area contributed by atoms with Crippen LogP contribution in [0.25, 0.3) is 11.0 Å². The highest BCUT2D eigenvalue weighted by molar-refractivity contribution is 5.98. The number of ether oxygens (including phenoxy) is 2. The van der Waals surface area contributed by atoms with Crippen molar-refractivity contribution in [1.82, 2.24) is 9.80 Å². The molecular weight excluding hydrogens is 508 g/mol. The fourth-order valence-corrected chi connectivity index (χ4v) is 4.54. The highest BCUT2D eigenvalue weighted by atomic mass is 16.5. The average Bonchev–Trinajstić information content (AvgIpc) is 2.98. The number of rotatable bonds is 12. The minimum absolute atomic E-state index is 0.0364. The van der Waals surface area contributed by atoms with Crippen LogP contribution in [0.3, 0.4) is 0 Å². The van der Waals surface area contributed by atoms with Gasteiger partial charge in [0.15, 0.2) is 5.43 Å². The van der Waals surface area contributed by atoms with Gasteiger partial charge < -0.3 is 23.7 Å². The number of hydrogen-bond acceptors (Lipinski definition) is 6. The molecule has 0 bridgehead atoms. The summed E-state index contributed by atoms with van der Waals surface area (Å²) in [6.45, 7) is 2.79. The molecule has 0 aliphatic heterocycles. The fraction of sp³-hybridized carbons (Fsp3) is 0.281. The average molecular weight is 543 g/mol. The number of benzene rings is 3. The first-order valence-corrected chi connectivity index (χ1v) is 13.1. The zero-order valence-electron chi connectivity index (χ0n) is 23.1. The minimum Gasteiger partial charge on any atom is -0.496 e. The molecule has 0 aliphatic carbocycles. The third-order valence-electron chi connectivity index (χ3n) is 6.66. The van der Waals surface area contributed by atoms with Gasteiger partial charge in [0.1, 0.15) is 17.9 Å². The summed E-state index contributed by atoms with van der Waals surface area (Å²) < 4.78 is 16.3. The number of aryl methyl sites for hydroxylation is 1. The molecule has 0 saturated heterocycles. The van der Waals surface area contributed by atoms with E-state index in [2.05, 4.69) is 0 Å². The molecule has 8 heteroatoms. The van der Waals surface area contributed by atoms with Crippen LogP contribution in [0, 0.1) is 6.92 Å². The lowest BCUT2D eigenvalue weighted by molar-refractivity contribution is -0.133. The van der Waals surface area contributed by atoms with Crippen LogP contribution in [0.2, 0.25) is 0 Å². The lowest BCUT2D eigenvalue weighted by Crippen LogP contribution is -2.43. The number of amides is 2. The Bertz CT molecular complexity index is 1520. The molecule has 0 spiro atoms. The second kappa shape index (κ2) is 13.6. The zero-order valence-corrected chi connectivity index (χ0v) is 23.1. The molecule has 4 rings (SSSR count). The first kappa shape index (κ1) is 28.6. The van der Waals surface area contributed by atoms with E-state index in [1.807, 2.05) is 43.3 Å². The first-order valence-electron chi connectivity index (χ1n) is 13.1. The number of fused-ring (bicyclic) bond motifs is 1. The van der Waals surface area contributed by atoms with E-state index in [1.54, 1.807) is 48.4 Å². The van der Waals surface area contributed by atoms with Crippen molar-refractivity contribution in [2.24, 2.45) is 0 Å².